The van der Waals surface area contributed by atoms with Gasteiger partial charge in [0.05, 0.1) is 11.6 Å². The summed E-state index contributed by atoms with van der Waals surface area (Å²) >= 11 is 7.71. The number of benzene rings is 2. The number of ether oxygens (including phenoxy) is 1. The van der Waals surface area contributed by atoms with Gasteiger partial charge in [-0.25, -0.2) is 0 Å². The summed E-state index contributed by atoms with van der Waals surface area (Å²) in [7, 11) is 0. The highest BCUT2D eigenvalue weighted by molar-refractivity contribution is 7.99. The molecule has 21 heavy (non-hydrogen) atoms. The van der Waals surface area contributed by atoms with Crippen molar-refractivity contribution in [3.05, 3.63) is 53.6 Å². The number of amides is 1. The van der Waals surface area contributed by atoms with Crippen LogP contribution in [-0.4, -0.2) is 18.3 Å². The molecule has 0 aliphatic rings. The predicted octanol–water partition coefficient (Wildman–Crippen LogP) is 4.47. The summed E-state index contributed by atoms with van der Waals surface area (Å²) in [4.78, 5) is 12.1. The van der Waals surface area contributed by atoms with Gasteiger partial charge >= 0.3 is 0 Å². The van der Waals surface area contributed by atoms with Gasteiger partial charge in [-0.3, -0.25) is 4.79 Å². The molecule has 0 saturated heterocycles. The number of rotatable bonds is 6. The van der Waals surface area contributed by atoms with Crippen LogP contribution < -0.4 is 10.1 Å². The molecular formula is C16H16ClNO2S. The van der Waals surface area contributed by atoms with Gasteiger partial charge < -0.3 is 10.1 Å². The van der Waals surface area contributed by atoms with Gasteiger partial charge in [0, 0.05) is 23.3 Å². The van der Waals surface area contributed by atoms with Crippen LogP contribution >= 0.6 is 23.4 Å². The van der Waals surface area contributed by atoms with Gasteiger partial charge in [-0.05, 0) is 36.4 Å². The first-order chi connectivity index (χ1) is 10.1. The minimum Gasteiger partial charge on any atom is -0.491 e. The van der Waals surface area contributed by atoms with E-state index >= 15 is 0 Å². The van der Waals surface area contributed by atoms with Gasteiger partial charge in [0.15, 0.2) is 0 Å². The van der Waals surface area contributed by atoms with Crippen LogP contribution in [0.5, 0.6) is 5.75 Å². The summed E-state index contributed by atoms with van der Waals surface area (Å²) in [5.74, 6) is 1.47. The Morgan fingerprint density at radius 2 is 1.90 bits per heavy atom. The van der Waals surface area contributed by atoms with Crippen molar-refractivity contribution in [3.63, 3.8) is 0 Å². The van der Waals surface area contributed by atoms with Gasteiger partial charge in [-0.2, -0.15) is 0 Å². The molecule has 2 rings (SSSR count). The number of hydrogen-bond donors (Lipinski definition) is 1. The van der Waals surface area contributed by atoms with Crippen molar-refractivity contribution in [1.29, 1.82) is 0 Å². The maximum Gasteiger partial charge on any atom is 0.221 e. The molecule has 0 radical (unpaired) electrons. The minimum atomic E-state index is -0.0662. The van der Waals surface area contributed by atoms with Crippen LogP contribution in [0.25, 0.3) is 0 Å². The molecule has 0 spiro atoms. The lowest BCUT2D eigenvalue weighted by molar-refractivity contribution is -0.114. The molecule has 0 atom stereocenters. The van der Waals surface area contributed by atoms with E-state index < -0.39 is 0 Å². The Kier molecular flexibility index (Phi) is 5.96. The van der Waals surface area contributed by atoms with Crippen molar-refractivity contribution in [2.75, 3.05) is 17.7 Å². The third-order valence-electron chi connectivity index (χ3n) is 2.62. The molecule has 1 N–H and O–H groups in total. The SMILES string of the molecule is CC(=O)Nc1ccc(SCCOc2ccccc2Cl)cc1. The molecule has 2 aromatic rings. The van der Waals surface area contributed by atoms with Gasteiger partial charge in [0.2, 0.25) is 5.91 Å². The molecule has 0 aromatic heterocycles. The fraction of sp³-hybridized carbons (Fsp3) is 0.188. The maximum absolute atomic E-state index is 10.9. The average molecular weight is 322 g/mol. The smallest absolute Gasteiger partial charge is 0.221 e. The molecular weight excluding hydrogens is 306 g/mol. The quantitative estimate of drug-likeness (QED) is 0.630. The molecule has 0 aliphatic carbocycles. The zero-order chi connectivity index (χ0) is 15.1. The van der Waals surface area contributed by atoms with E-state index in [9.17, 15) is 4.79 Å². The molecule has 0 saturated carbocycles. The van der Waals surface area contributed by atoms with Crippen LogP contribution in [0.2, 0.25) is 5.02 Å². The molecule has 3 nitrogen and oxygen atoms in total. The van der Waals surface area contributed by atoms with E-state index in [4.69, 9.17) is 16.3 Å². The van der Waals surface area contributed by atoms with E-state index in [2.05, 4.69) is 5.32 Å². The number of nitrogens with one attached hydrogen (secondary N) is 1. The maximum atomic E-state index is 10.9. The van der Waals surface area contributed by atoms with Crippen LogP contribution in [0.1, 0.15) is 6.92 Å². The standard InChI is InChI=1S/C16H16ClNO2S/c1-12(19)18-13-6-8-14(9-7-13)21-11-10-20-16-5-3-2-4-15(16)17/h2-9H,10-11H2,1H3,(H,18,19). The van der Waals surface area contributed by atoms with Gasteiger partial charge in [0.1, 0.15) is 5.75 Å². The number of halogens is 1. The molecule has 0 heterocycles. The molecule has 5 heteroatoms. The van der Waals surface area contributed by atoms with Crippen LogP contribution in [0.15, 0.2) is 53.4 Å². The number of para-hydroxylation sites is 1. The second-order valence-corrected chi connectivity index (χ2v) is 5.91. The summed E-state index contributed by atoms with van der Waals surface area (Å²) in [6.45, 7) is 2.08. The Hall–Kier alpha value is -1.65. The highest BCUT2D eigenvalue weighted by Gasteiger charge is 2.00. The van der Waals surface area contributed by atoms with Crippen molar-refractivity contribution in [2.45, 2.75) is 11.8 Å². The first-order valence-electron chi connectivity index (χ1n) is 6.53. The Morgan fingerprint density at radius 3 is 2.57 bits per heavy atom. The van der Waals surface area contributed by atoms with Crippen LogP contribution in [0.4, 0.5) is 5.69 Å². The largest absolute Gasteiger partial charge is 0.491 e. The first-order valence-corrected chi connectivity index (χ1v) is 7.89. The molecule has 0 bridgehead atoms. The zero-order valence-corrected chi connectivity index (χ0v) is 13.2. The predicted molar refractivity (Wildman–Crippen MR) is 88.4 cm³/mol. The van der Waals surface area contributed by atoms with E-state index in [0.717, 1.165) is 16.3 Å². The van der Waals surface area contributed by atoms with Crippen molar-refractivity contribution in [1.82, 2.24) is 0 Å². The second kappa shape index (κ2) is 7.96. The zero-order valence-electron chi connectivity index (χ0n) is 11.6. The third kappa shape index (κ3) is 5.33. The van der Waals surface area contributed by atoms with Crippen molar-refractivity contribution >= 4 is 35.0 Å². The molecule has 0 unspecified atom stereocenters. The first kappa shape index (κ1) is 15.7. The van der Waals surface area contributed by atoms with E-state index in [1.54, 1.807) is 11.8 Å². The van der Waals surface area contributed by atoms with E-state index in [1.165, 1.54) is 6.92 Å². The normalized spacial score (nSPS) is 10.2. The van der Waals surface area contributed by atoms with Crippen molar-refractivity contribution in [3.8, 4) is 5.75 Å². The highest BCUT2D eigenvalue weighted by atomic mass is 35.5. The van der Waals surface area contributed by atoms with Gasteiger partial charge in [-0.1, -0.05) is 23.7 Å². The van der Waals surface area contributed by atoms with Crippen molar-refractivity contribution < 1.29 is 9.53 Å². The fourth-order valence-electron chi connectivity index (χ4n) is 1.71. The summed E-state index contributed by atoms with van der Waals surface area (Å²) in [5, 5.41) is 3.37. The minimum absolute atomic E-state index is 0.0662. The fourth-order valence-corrected chi connectivity index (χ4v) is 2.63. The molecule has 0 fully saturated rings. The van der Waals surface area contributed by atoms with Crippen LogP contribution in [0, 0.1) is 0 Å². The van der Waals surface area contributed by atoms with Gasteiger partial charge in [-0.15, -0.1) is 11.8 Å². The Labute approximate surface area is 133 Å². The topological polar surface area (TPSA) is 38.3 Å². The van der Waals surface area contributed by atoms with E-state index in [0.29, 0.717) is 17.4 Å². The van der Waals surface area contributed by atoms with E-state index in [-0.39, 0.29) is 5.91 Å². The second-order valence-electron chi connectivity index (χ2n) is 4.33. The number of hydrogen-bond acceptors (Lipinski definition) is 3. The lowest BCUT2D eigenvalue weighted by atomic mass is 10.3. The monoisotopic (exact) mass is 321 g/mol. The number of carbonyl (C=O) groups is 1. The molecule has 1 amide bonds. The van der Waals surface area contributed by atoms with Gasteiger partial charge in [0.25, 0.3) is 0 Å². The summed E-state index contributed by atoms with van der Waals surface area (Å²) in [6.07, 6.45) is 0. The Balaban J connectivity index is 1.76. The summed E-state index contributed by atoms with van der Waals surface area (Å²) in [5.41, 5.74) is 0.805. The summed E-state index contributed by atoms with van der Waals surface area (Å²) in [6, 6.07) is 15.2. The summed E-state index contributed by atoms with van der Waals surface area (Å²) < 4.78 is 5.63. The third-order valence-corrected chi connectivity index (χ3v) is 3.91. The lowest BCUT2D eigenvalue weighted by Crippen LogP contribution is -2.05. The van der Waals surface area contributed by atoms with Crippen LogP contribution in [-0.2, 0) is 4.79 Å². The molecule has 110 valence electrons. The average Bonchev–Trinajstić information content (AvgIpc) is 2.46. The molecule has 2 aromatic carbocycles. The number of thioether (sulfide) groups is 1. The lowest BCUT2D eigenvalue weighted by Gasteiger charge is -2.08. The number of anilines is 1. The Morgan fingerprint density at radius 1 is 1.19 bits per heavy atom. The van der Waals surface area contributed by atoms with E-state index in [1.807, 2.05) is 48.5 Å². The van der Waals surface area contributed by atoms with Crippen molar-refractivity contribution in [2.24, 2.45) is 0 Å². The molecule has 0 aliphatic heterocycles. The highest BCUT2D eigenvalue weighted by Crippen LogP contribution is 2.24. The Bertz CT molecular complexity index is 601. The van der Waals surface area contributed by atoms with Crippen LogP contribution in [0.3, 0.4) is 0 Å². The number of carbonyl (C=O) groups excluding carboxylic acids is 1.